The van der Waals surface area contributed by atoms with Gasteiger partial charge in [0.05, 0.1) is 0 Å². The molecule has 112 valence electrons. The molecule has 0 heterocycles. The molecule has 1 aromatic rings. The van der Waals surface area contributed by atoms with Gasteiger partial charge in [-0.3, -0.25) is 4.79 Å². The molecule has 0 bridgehead atoms. The number of amides is 1. The van der Waals surface area contributed by atoms with Crippen LogP contribution in [0.15, 0.2) is 24.3 Å². The first-order valence-corrected chi connectivity index (χ1v) is 7.27. The summed E-state index contributed by atoms with van der Waals surface area (Å²) in [6, 6.07) is 8.48. The van der Waals surface area contributed by atoms with Crippen molar-refractivity contribution in [3.05, 3.63) is 29.8 Å². The maximum Gasteiger partial charge on any atom is 0.260 e. The molecular weight excluding hydrogens is 252 g/mol. The van der Waals surface area contributed by atoms with Gasteiger partial charge in [-0.1, -0.05) is 12.1 Å². The number of hydrogen-bond donors (Lipinski definition) is 2. The first kappa shape index (κ1) is 16.5. The smallest absolute Gasteiger partial charge is 0.260 e. The van der Waals surface area contributed by atoms with Crippen molar-refractivity contribution in [1.29, 1.82) is 0 Å². The molecule has 0 saturated heterocycles. The van der Waals surface area contributed by atoms with Crippen LogP contribution in [0, 0.1) is 0 Å². The molecule has 2 atom stereocenters. The summed E-state index contributed by atoms with van der Waals surface area (Å²) in [5, 5.41) is 5.97. The molecule has 0 radical (unpaired) electrons. The molecule has 0 aliphatic carbocycles. The van der Waals surface area contributed by atoms with Crippen LogP contribution in [0.3, 0.4) is 0 Å². The van der Waals surface area contributed by atoms with Crippen LogP contribution in [0.5, 0.6) is 5.75 Å². The fourth-order valence-electron chi connectivity index (χ4n) is 1.84. The van der Waals surface area contributed by atoms with Gasteiger partial charge in [-0.2, -0.15) is 0 Å². The zero-order valence-electron chi connectivity index (χ0n) is 12.9. The fourth-order valence-corrected chi connectivity index (χ4v) is 1.84. The average molecular weight is 278 g/mol. The number of nitrogens with one attached hydrogen (secondary N) is 2. The Morgan fingerprint density at radius 3 is 2.45 bits per heavy atom. The van der Waals surface area contributed by atoms with Gasteiger partial charge in [-0.25, -0.2) is 0 Å². The number of ether oxygens (including phenoxy) is 1. The maximum absolute atomic E-state index is 11.6. The largest absolute Gasteiger partial charge is 0.481 e. The van der Waals surface area contributed by atoms with Crippen molar-refractivity contribution in [2.45, 2.75) is 45.8 Å². The number of hydrogen-bond acceptors (Lipinski definition) is 3. The van der Waals surface area contributed by atoms with E-state index in [0.717, 1.165) is 18.6 Å². The second kappa shape index (κ2) is 8.59. The minimum atomic E-state index is -0.467. The lowest BCUT2D eigenvalue weighted by molar-refractivity contribution is -0.127. The van der Waals surface area contributed by atoms with Crippen molar-refractivity contribution in [1.82, 2.24) is 10.6 Å². The third-order valence-corrected chi connectivity index (χ3v) is 3.32. The molecular formula is C16H26N2O2. The highest BCUT2D eigenvalue weighted by molar-refractivity contribution is 5.80. The first-order chi connectivity index (χ1) is 9.56. The number of benzene rings is 1. The Hall–Kier alpha value is -1.55. The third-order valence-electron chi connectivity index (χ3n) is 3.32. The lowest BCUT2D eigenvalue weighted by Gasteiger charge is -2.14. The quantitative estimate of drug-likeness (QED) is 0.766. The summed E-state index contributed by atoms with van der Waals surface area (Å²) >= 11 is 0. The summed E-state index contributed by atoms with van der Waals surface area (Å²) in [5.41, 5.74) is 1.28. The van der Waals surface area contributed by atoms with Crippen LogP contribution in [0.4, 0.5) is 0 Å². The molecule has 0 aliphatic heterocycles. The van der Waals surface area contributed by atoms with Gasteiger partial charge in [0, 0.05) is 12.6 Å². The zero-order valence-corrected chi connectivity index (χ0v) is 12.9. The zero-order chi connectivity index (χ0) is 15.0. The van der Waals surface area contributed by atoms with Gasteiger partial charge < -0.3 is 15.4 Å². The van der Waals surface area contributed by atoms with E-state index in [1.54, 1.807) is 6.92 Å². The van der Waals surface area contributed by atoms with E-state index < -0.39 is 6.10 Å². The highest BCUT2D eigenvalue weighted by atomic mass is 16.5. The molecule has 2 N–H and O–H groups in total. The van der Waals surface area contributed by atoms with Crippen LogP contribution < -0.4 is 15.4 Å². The van der Waals surface area contributed by atoms with Crippen molar-refractivity contribution in [3.8, 4) is 5.75 Å². The van der Waals surface area contributed by atoms with Crippen LogP contribution in [0.1, 0.15) is 32.8 Å². The Kier molecular flexibility index (Phi) is 7.09. The fraction of sp³-hybridized carbons (Fsp3) is 0.562. The van der Waals surface area contributed by atoms with Crippen LogP contribution in [-0.2, 0) is 11.2 Å². The van der Waals surface area contributed by atoms with Gasteiger partial charge >= 0.3 is 0 Å². The van der Waals surface area contributed by atoms with Crippen LogP contribution >= 0.6 is 0 Å². The summed E-state index contributed by atoms with van der Waals surface area (Å²) in [6.45, 7) is 6.44. The monoisotopic (exact) mass is 278 g/mol. The molecule has 1 amide bonds. The van der Waals surface area contributed by atoms with E-state index in [1.807, 2.05) is 26.1 Å². The first-order valence-electron chi connectivity index (χ1n) is 7.27. The molecule has 1 rings (SSSR count). The number of carbonyl (C=O) groups excluding carboxylic acids is 1. The molecule has 0 aliphatic rings. The second-order valence-corrected chi connectivity index (χ2v) is 5.03. The molecule has 0 spiro atoms. The van der Waals surface area contributed by atoms with E-state index in [-0.39, 0.29) is 5.91 Å². The Morgan fingerprint density at radius 1 is 1.25 bits per heavy atom. The van der Waals surface area contributed by atoms with Crippen molar-refractivity contribution >= 4 is 5.91 Å². The van der Waals surface area contributed by atoms with Crippen molar-refractivity contribution in [2.75, 3.05) is 13.6 Å². The predicted molar refractivity (Wildman–Crippen MR) is 82.1 cm³/mol. The molecule has 0 saturated carbocycles. The predicted octanol–water partition coefficient (Wildman–Crippen LogP) is 2.13. The molecule has 1 aromatic carbocycles. The van der Waals surface area contributed by atoms with E-state index in [1.165, 1.54) is 5.56 Å². The molecule has 0 fully saturated rings. The van der Waals surface area contributed by atoms with Gasteiger partial charge in [-0.15, -0.1) is 0 Å². The molecule has 20 heavy (non-hydrogen) atoms. The summed E-state index contributed by atoms with van der Waals surface area (Å²) in [7, 11) is 1.98. The SMILES string of the molecule is CCNC(=O)C(C)Oc1ccc(CCC(C)NC)cc1. The van der Waals surface area contributed by atoms with E-state index in [2.05, 4.69) is 29.7 Å². The van der Waals surface area contributed by atoms with Crippen molar-refractivity contribution in [2.24, 2.45) is 0 Å². The molecule has 4 nitrogen and oxygen atoms in total. The molecule has 4 heteroatoms. The van der Waals surface area contributed by atoms with Crippen LogP contribution in [-0.4, -0.2) is 31.6 Å². The second-order valence-electron chi connectivity index (χ2n) is 5.03. The van der Waals surface area contributed by atoms with E-state index in [9.17, 15) is 4.79 Å². The van der Waals surface area contributed by atoms with Crippen molar-refractivity contribution in [3.63, 3.8) is 0 Å². The normalized spacial score (nSPS) is 13.6. The van der Waals surface area contributed by atoms with Gasteiger partial charge in [0.15, 0.2) is 6.10 Å². The third kappa shape index (κ3) is 5.61. The summed E-state index contributed by atoms with van der Waals surface area (Å²) in [5.74, 6) is 0.647. The highest BCUT2D eigenvalue weighted by Gasteiger charge is 2.13. The van der Waals surface area contributed by atoms with E-state index >= 15 is 0 Å². The standard InChI is InChI=1S/C16H26N2O2/c1-5-18-16(19)13(3)20-15-10-8-14(9-11-15)7-6-12(2)17-4/h8-13,17H,5-7H2,1-4H3,(H,18,19). The molecule has 0 aromatic heterocycles. The summed E-state index contributed by atoms with van der Waals surface area (Å²) < 4.78 is 5.61. The Labute approximate surface area is 121 Å². The summed E-state index contributed by atoms with van der Waals surface area (Å²) in [4.78, 5) is 11.6. The van der Waals surface area contributed by atoms with Gasteiger partial charge in [0.25, 0.3) is 5.91 Å². The number of aryl methyl sites for hydroxylation is 1. The van der Waals surface area contributed by atoms with Crippen molar-refractivity contribution < 1.29 is 9.53 Å². The maximum atomic E-state index is 11.6. The lowest BCUT2D eigenvalue weighted by Crippen LogP contribution is -2.36. The lowest BCUT2D eigenvalue weighted by atomic mass is 10.1. The van der Waals surface area contributed by atoms with E-state index in [4.69, 9.17) is 4.74 Å². The summed E-state index contributed by atoms with van der Waals surface area (Å²) in [6.07, 6.45) is 1.67. The Balaban J connectivity index is 2.48. The Morgan fingerprint density at radius 2 is 1.90 bits per heavy atom. The van der Waals surface area contributed by atoms with E-state index in [0.29, 0.717) is 12.6 Å². The molecule has 2 unspecified atom stereocenters. The van der Waals surface area contributed by atoms with Gasteiger partial charge in [0.2, 0.25) is 0 Å². The highest BCUT2D eigenvalue weighted by Crippen LogP contribution is 2.15. The van der Waals surface area contributed by atoms with Crippen LogP contribution in [0.25, 0.3) is 0 Å². The Bertz CT molecular complexity index is 403. The van der Waals surface area contributed by atoms with Gasteiger partial charge in [0.1, 0.15) is 5.75 Å². The number of rotatable bonds is 8. The van der Waals surface area contributed by atoms with Gasteiger partial charge in [-0.05, 0) is 58.4 Å². The number of carbonyl (C=O) groups is 1. The minimum absolute atomic E-state index is 0.0839. The minimum Gasteiger partial charge on any atom is -0.481 e. The average Bonchev–Trinajstić information content (AvgIpc) is 2.46. The van der Waals surface area contributed by atoms with Crippen LogP contribution in [0.2, 0.25) is 0 Å². The number of likely N-dealkylation sites (N-methyl/N-ethyl adjacent to an activating group) is 1. The topological polar surface area (TPSA) is 50.4 Å².